The largest absolute Gasteiger partial charge is 0.527 e. The van der Waals surface area contributed by atoms with Gasteiger partial charge in [-0.1, -0.05) is 122 Å². The van der Waals surface area contributed by atoms with Crippen molar-refractivity contribution < 1.29 is 18.5 Å². The van der Waals surface area contributed by atoms with Crippen molar-refractivity contribution in [2.24, 2.45) is 5.92 Å². The number of phosphoric acid groups is 1. The second-order valence-corrected chi connectivity index (χ2v) is 11.1. The zero-order valence-corrected chi connectivity index (χ0v) is 23.1. The Hall–Kier alpha value is -1.09. The maximum absolute atomic E-state index is 12.3. The average molecular weight is 495 g/mol. The van der Waals surface area contributed by atoms with Gasteiger partial charge in [-0.25, -0.2) is 4.57 Å². The minimum atomic E-state index is -4.09. The molecule has 196 valence electrons. The highest BCUT2D eigenvalue weighted by Crippen LogP contribution is 2.44. The number of hydrogen-bond acceptors (Lipinski definition) is 3. The summed E-state index contributed by atoms with van der Waals surface area (Å²) in [6, 6.07) is 7.39. The maximum atomic E-state index is 12.3. The predicted molar refractivity (Wildman–Crippen MR) is 145 cm³/mol. The van der Waals surface area contributed by atoms with Gasteiger partial charge in [0.25, 0.3) is 0 Å². The fourth-order valence-electron chi connectivity index (χ4n) is 4.04. The molecule has 0 heterocycles. The lowest BCUT2D eigenvalue weighted by Crippen LogP contribution is -2.04. The SMILES string of the molecule is CCCCCCCCCCCCC=CCc1cccc(OP(=O)(O)OCCC(C)CCCC)c1. The average Bonchev–Trinajstić information content (AvgIpc) is 2.80. The lowest BCUT2D eigenvalue weighted by molar-refractivity contribution is 0.190. The molecule has 0 radical (unpaired) electrons. The summed E-state index contributed by atoms with van der Waals surface area (Å²) in [5, 5.41) is 0. The highest BCUT2D eigenvalue weighted by atomic mass is 31.2. The highest BCUT2D eigenvalue weighted by molar-refractivity contribution is 7.47. The summed E-state index contributed by atoms with van der Waals surface area (Å²) in [5.41, 5.74) is 1.06. The summed E-state index contributed by atoms with van der Waals surface area (Å²) >= 11 is 0. The Morgan fingerprint density at radius 3 is 2.21 bits per heavy atom. The van der Waals surface area contributed by atoms with Crippen LogP contribution in [0.4, 0.5) is 0 Å². The molecular formula is C29H51O4P. The van der Waals surface area contributed by atoms with Gasteiger partial charge in [0, 0.05) is 0 Å². The van der Waals surface area contributed by atoms with E-state index >= 15 is 0 Å². The first-order valence-corrected chi connectivity index (χ1v) is 15.4. The lowest BCUT2D eigenvalue weighted by atomic mass is 10.0. The number of benzene rings is 1. The van der Waals surface area contributed by atoms with E-state index in [4.69, 9.17) is 9.05 Å². The zero-order valence-electron chi connectivity index (χ0n) is 22.2. The third-order valence-electron chi connectivity index (χ3n) is 6.28. The molecule has 1 N–H and O–H groups in total. The topological polar surface area (TPSA) is 55.8 Å². The lowest BCUT2D eigenvalue weighted by Gasteiger charge is -2.15. The fourth-order valence-corrected chi connectivity index (χ4v) is 4.81. The standard InChI is InChI=1S/C29H51O4P/c1-4-6-8-9-10-11-12-13-14-15-16-17-18-21-28-22-19-23-29(26-28)33-34(30,31)32-25-24-27(3)20-7-5-2/h17-19,22-23,26-27H,4-16,20-21,24-25H2,1-3H3,(H,30,31). The number of phosphoric ester groups is 1. The molecule has 34 heavy (non-hydrogen) atoms. The van der Waals surface area contributed by atoms with Crippen molar-refractivity contribution in [1.29, 1.82) is 0 Å². The van der Waals surface area contributed by atoms with Gasteiger partial charge in [-0.2, -0.15) is 0 Å². The summed E-state index contributed by atoms with van der Waals surface area (Å²) in [6.45, 7) is 6.82. The van der Waals surface area contributed by atoms with Crippen LogP contribution < -0.4 is 4.52 Å². The first-order chi connectivity index (χ1) is 16.5. The first kappa shape index (κ1) is 30.9. The smallest absolute Gasteiger partial charge is 0.404 e. The molecule has 0 fully saturated rings. The van der Waals surface area contributed by atoms with Gasteiger partial charge >= 0.3 is 7.82 Å². The minimum Gasteiger partial charge on any atom is -0.404 e. The van der Waals surface area contributed by atoms with Gasteiger partial charge in [0.2, 0.25) is 0 Å². The summed E-state index contributed by atoms with van der Waals surface area (Å²) < 4.78 is 22.7. The van der Waals surface area contributed by atoms with Crippen molar-refractivity contribution in [2.45, 2.75) is 124 Å². The van der Waals surface area contributed by atoms with Crippen LogP contribution in [0.3, 0.4) is 0 Å². The van der Waals surface area contributed by atoms with Crippen LogP contribution in [0, 0.1) is 5.92 Å². The van der Waals surface area contributed by atoms with E-state index in [1.165, 1.54) is 70.6 Å². The Bertz CT molecular complexity index is 688. The van der Waals surface area contributed by atoms with Gasteiger partial charge in [0.1, 0.15) is 5.75 Å². The van der Waals surface area contributed by atoms with Crippen LogP contribution in [0.25, 0.3) is 0 Å². The Morgan fingerprint density at radius 2 is 1.53 bits per heavy atom. The normalized spacial score (nSPS) is 14.4. The van der Waals surface area contributed by atoms with Crippen molar-refractivity contribution in [3.8, 4) is 5.75 Å². The number of allylic oxidation sites excluding steroid dienone is 2. The van der Waals surface area contributed by atoms with Crippen molar-refractivity contribution in [3.63, 3.8) is 0 Å². The summed E-state index contributed by atoms with van der Waals surface area (Å²) in [4.78, 5) is 10.0. The van der Waals surface area contributed by atoms with E-state index in [0.29, 0.717) is 11.7 Å². The van der Waals surface area contributed by atoms with Crippen LogP contribution in [0.1, 0.15) is 123 Å². The molecule has 1 aromatic rings. The predicted octanol–water partition coefficient (Wildman–Crippen LogP) is 9.81. The van der Waals surface area contributed by atoms with E-state index in [2.05, 4.69) is 32.9 Å². The third kappa shape index (κ3) is 17.4. The molecular weight excluding hydrogens is 443 g/mol. The minimum absolute atomic E-state index is 0.236. The molecule has 0 amide bonds. The molecule has 1 rings (SSSR count). The molecule has 5 heteroatoms. The number of unbranched alkanes of at least 4 members (excludes halogenated alkanes) is 11. The third-order valence-corrected chi connectivity index (χ3v) is 7.23. The molecule has 0 aliphatic rings. The quantitative estimate of drug-likeness (QED) is 0.0990. The molecule has 0 saturated heterocycles. The summed E-state index contributed by atoms with van der Waals surface area (Å²) in [6.07, 6.45) is 24.2. The van der Waals surface area contributed by atoms with E-state index in [-0.39, 0.29) is 6.61 Å². The van der Waals surface area contributed by atoms with Gasteiger partial charge in [-0.15, -0.1) is 0 Å². The van der Waals surface area contributed by atoms with Crippen LogP contribution in [-0.2, 0) is 15.5 Å². The van der Waals surface area contributed by atoms with Gasteiger partial charge in [0.15, 0.2) is 0 Å². The monoisotopic (exact) mass is 494 g/mol. The zero-order chi connectivity index (χ0) is 24.9. The molecule has 0 aliphatic carbocycles. The molecule has 0 saturated carbocycles. The highest BCUT2D eigenvalue weighted by Gasteiger charge is 2.23. The molecule has 2 unspecified atom stereocenters. The van der Waals surface area contributed by atoms with Crippen LogP contribution in [0.2, 0.25) is 0 Å². The molecule has 2 atom stereocenters. The van der Waals surface area contributed by atoms with Crippen molar-refractivity contribution in [2.75, 3.05) is 6.61 Å². The van der Waals surface area contributed by atoms with E-state index < -0.39 is 7.82 Å². The van der Waals surface area contributed by atoms with Gasteiger partial charge in [-0.05, 0) is 49.3 Å². The van der Waals surface area contributed by atoms with Crippen molar-refractivity contribution >= 4 is 7.82 Å². The van der Waals surface area contributed by atoms with E-state index in [0.717, 1.165) is 37.7 Å². The maximum Gasteiger partial charge on any atom is 0.527 e. The summed E-state index contributed by atoms with van der Waals surface area (Å²) in [5.74, 6) is 0.862. The van der Waals surface area contributed by atoms with Crippen LogP contribution in [0.5, 0.6) is 5.75 Å². The Balaban J connectivity index is 2.20. The molecule has 0 aliphatic heterocycles. The number of hydrogen-bond donors (Lipinski definition) is 1. The second kappa shape index (κ2) is 20.1. The van der Waals surface area contributed by atoms with E-state index in [1.54, 1.807) is 6.07 Å². The summed E-state index contributed by atoms with van der Waals surface area (Å²) in [7, 11) is -4.09. The molecule has 0 bridgehead atoms. The Kier molecular flexibility index (Phi) is 18.3. The van der Waals surface area contributed by atoms with Crippen molar-refractivity contribution in [3.05, 3.63) is 42.0 Å². The number of rotatable bonds is 22. The van der Waals surface area contributed by atoms with Gasteiger partial charge in [0.05, 0.1) is 6.61 Å². The second-order valence-electron chi connectivity index (χ2n) is 9.72. The van der Waals surface area contributed by atoms with Crippen molar-refractivity contribution in [1.82, 2.24) is 0 Å². The molecule has 4 nitrogen and oxygen atoms in total. The first-order valence-electron chi connectivity index (χ1n) is 13.9. The Morgan fingerprint density at radius 1 is 0.882 bits per heavy atom. The Labute approximate surface area is 210 Å². The van der Waals surface area contributed by atoms with Gasteiger partial charge in [-0.3, -0.25) is 9.42 Å². The van der Waals surface area contributed by atoms with Crippen LogP contribution in [-0.4, -0.2) is 11.5 Å². The van der Waals surface area contributed by atoms with Gasteiger partial charge < -0.3 is 4.52 Å². The van der Waals surface area contributed by atoms with Crippen LogP contribution in [0.15, 0.2) is 36.4 Å². The van der Waals surface area contributed by atoms with E-state index in [1.807, 2.05) is 18.2 Å². The fraction of sp³-hybridized carbons (Fsp3) is 0.724. The molecule has 0 aromatic heterocycles. The molecule has 1 aromatic carbocycles. The van der Waals surface area contributed by atoms with Crippen LogP contribution >= 0.6 is 7.82 Å². The van der Waals surface area contributed by atoms with E-state index in [9.17, 15) is 9.46 Å². The molecule has 0 spiro atoms.